The first-order valence-corrected chi connectivity index (χ1v) is 7.33. The minimum atomic E-state index is -0.352. The zero-order valence-electron chi connectivity index (χ0n) is 12.2. The molecule has 0 spiro atoms. The molecule has 110 valence electrons. The minimum absolute atomic E-state index is 0.213. The number of anilines is 2. The largest absolute Gasteiger partial charge is 0.391 e. The van der Waals surface area contributed by atoms with E-state index in [1.165, 1.54) is 0 Å². The number of aromatic nitrogens is 2. The number of piperidine rings is 1. The van der Waals surface area contributed by atoms with Gasteiger partial charge >= 0.3 is 0 Å². The fourth-order valence-electron chi connectivity index (χ4n) is 2.82. The standard InChI is InChI=1S/C14H23N5O/c1-3-10(4-2)19-13(16)12(8-15)14(17-19)18-7-5-6-11(20)9-18/h10-11,20H,3-7,9,16H2,1-2H3. The molecular weight excluding hydrogens is 254 g/mol. The van der Waals surface area contributed by atoms with Crippen LogP contribution in [0.2, 0.25) is 0 Å². The molecule has 1 aromatic rings. The monoisotopic (exact) mass is 277 g/mol. The van der Waals surface area contributed by atoms with E-state index in [2.05, 4.69) is 25.0 Å². The highest BCUT2D eigenvalue weighted by molar-refractivity contribution is 5.65. The Morgan fingerprint density at radius 3 is 2.75 bits per heavy atom. The third-order valence-electron chi connectivity index (χ3n) is 4.03. The molecule has 6 heteroatoms. The van der Waals surface area contributed by atoms with Crippen molar-refractivity contribution >= 4 is 11.6 Å². The van der Waals surface area contributed by atoms with Gasteiger partial charge in [0.05, 0.1) is 12.1 Å². The van der Waals surface area contributed by atoms with Crippen LogP contribution in [0.5, 0.6) is 0 Å². The Morgan fingerprint density at radius 2 is 2.20 bits per heavy atom. The van der Waals surface area contributed by atoms with Gasteiger partial charge in [-0.25, -0.2) is 4.68 Å². The molecule has 1 unspecified atom stereocenters. The smallest absolute Gasteiger partial charge is 0.171 e. The van der Waals surface area contributed by atoms with Crippen molar-refractivity contribution in [3.05, 3.63) is 5.56 Å². The van der Waals surface area contributed by atoms with Crippen molar-refractivity contribution < 1.29 is 5.11 Å². The van der Waals surface area contributed by atoms with Gasteiger partial charge in [0.1, 0.15) is 17.5 Å². The summed E-state index contributed by atoms with van der Waals surface area (Å²) in [6.45, 7) is 5.51. The van der Waals surface area contributed by atoms with Gasteiger partial charge in [0.2, 0.25) is 0 Å². The Morgan fingerprint density at radius 1 is 1.50 bits per heavy atom. The van der Waals surface area contributed by atoms with Crippen LogP contribution in [0, 0.1) is 11.3 Å². The molecule has 1 aromatic heterocycles. The van der Waals surface area contributed by atoms with E-state index in [9.17, 15) is 10.4 Å². The predicted octanol–water partition coefficient (Wildman–Crippen LogP) is 1.66. The van der Waals surface area contributed by atoms with Gasteiger partial charge in [-0.2, -0.15) is 10.4 Å². The molecule has 3 N–H and O–H groups in total. The third kappa shape index (κ3) is 2.59. The zero-order chi connectivity index (χ0) is 14.7. The lowest BCUT2D eigenvalue weighted by molar-refractivity contribution is 0.153. The first-order valence-electron chi connectivity index (χ1n) is 7.33. The van der Waals surface area contributed by atoms with Crippen LogP contribution in [0.1, 0.15) is 51.1 Å². The summed E-state index contributed by atoms with van der Waals surface area (Å²) in [7, 11) is 0. The number of nitrogens with two attached hydrogens (primary N) is 1. The van der Waals surface area contributed by atoms with Crippen molar-refractivity contribution in [2.75, 3.05) is 23.7 Å². The molecule has 0 saturated carbocycles. The maximum absolute atomic E-state index is 9.79. The van der Waals surface area contributed by atoms with Gasteiger partial charge in [0, 0.05) is 13.1 Å². The van der Waals surface area contributed by atoms with Crippen LogP contribution >= 0.6 is 0 Å². The van der Waals surface area contributed by atoms with E-state index >= 15 is 0 Å². The van der Waals surface area contributed by atoms with Gasteiger partial charge in [-0.1, -0.05) is 13.8 Å². The number of nitriles is 1. The lowest BCUT2D eigenvalue weighted by atomic mass is 10.1. The van der Waals surface area contributed by atoms with Crippen LogP contribution in [-0.4, -0.2) is 34.1 Å². The molecule has 0 amide bonds. The summed E-state index contributed by atoms with van der Waals surface area (Å²) in [5.41, 5.74) is 6.53. The highest BCUT2D eigenvalue weighted by Crippen LogP contribution is 2.30. The highest BCUT2D eigenvalue weighted by atomic mass is 16.3. The molecule has 1 aliphatic heterocycles. The summed E-state index contributed by atoms with van der Waals surface area (Å²) in [4.78, 5) is 1.97. The van der Waals surface area contributed by atoms with Crippen LogP contribution in [0.4, 0.5) is 11.6 Å². The van der Waals surface area contributed by atoms with E-state index in [-0.39, 0.29) is 12.1 Å². The normalized spacial score (nSPS) is 19.4. The van der Waals surface area contributed by atoms with E-state index in [4.69, 9.17) is 5.73 Å². The fraction of sp³-hybridized carbons (Fsp3) is 0.714. The summed E-state index contributed by atoms with van der Waals surface area (Å²) in [6, 6.07) is 2.38. The van der Waals surface area contributed by atoms with Gasteiger partial charge in [0.25, 0.3) is 0 Å². The lowest BCUT2D eigenvalue weighted by Crippen LogP contribution is -2.38. The molecule has 1 fully saturated rings. The second-order valence-corrected chi connectivity index (χ2v) is 5.35. The SMILES string of the molecule is CCC(CC)n1nc(N2CCCC(O)C2)c(C#N)c1N. The number of hydrogen-bond acceptors (Lipinski definition) is 5. The molecule has 0 aromatic carbocycles. The number of nitrogen functional groups attached to an aromatic ring is 1. The summed E-state index contributed by atoms with van der Waals surface area (Å²) in [6.07, 6.45) is 3.21. The van der Waals surface area contributed by atoms with Crippen molar-refractivity contribution in [1.82, 2.24) is 9.78 Å². The maximum Gasteiger partial charge on any atom is 0.171 e. The van der Waals surface area contributed by atoms with Gasteiger partial charge in [0.15, 0.2) is 5.82 Å². The summed E-state index contributed by atoms with van der Waals surface area (Å²) in [5.74, 6) is 1.06. The van der Waals surface area contributed by atoms with Crippen molar-refractivity contribution in [1.29, 1.82) is 5.26 Å². The average Bonchev–Trinajstić information content (AvgIpc) is 2.78. The molecule has 2 heterocycles. The van der Waals surface area contributed by atoms with E-state index in [1.54, 1.807) is 4.68 Å². The second-order valence-electron chi connectivity index (χ2n) is 5.35. The number of rotatable bonds is 4. The van der Waals surface area contributed by atoms with Crippen molar-refractivity contribution in [3.63, 3.8) is 0 Å². The van der Waals surface area contributed by atoms with E-state index in [1.807, 2.05) is 4.90 Å². The van der Waals surface area contributed by atoms with E-state index in [0.717, 1.165) is 32.2 Å². The van der Waals surface area contributed by atoms with Gasteiger partial charge < -0.3 is 15.7 Å². The maximum atomic E-state index is 9.79. The topological polar surface area (TPSA) is 91.1 Å². The number of β-amino-alcohol motifs (C(OH)–C–C–N with tert-alkyl or cyclic N) is 1. The number of aliphatic hydroxyl groups is 1. The average molecular weight is 277 g/mol. The van der Waals surface area contributed by atoms with Crippen LogP contribution < -0.4 is 10.6 Å². The Balaban J connectivity index is 2.38. The Labute approximate surface area is 119 Å². The van der Waals surface area contributed by atoms with E-state index in [0.29, 0.717) is 23.7 Å². The van der Waals surface area contributed by atoms with Crippen LogP contribution in [0.25, 0.3) is 0 Å². The van der Waals surface area contributed by atoms with Crippen LogP contribution in [-0.2, 0) is 0 Å². The quantitative estimate of drug-likeness (QED) is 0.873. The molecule has 6 nitrogen and oxygen atoms in total. The van der Waals surface area contributed by atoms with Gasteiger partial charge in [-0.05, 0) is 25.7 Å². The zero-order valence-corrected chi connectivity index (χ0v) is 12.2. The second kappa shape index (κ2) is 6.14. The molecule has 0 aliphatic carbocycles. The number of hydrogen-bond donors (Lipinski definition) is 2. The van der Waals surface area contributed by atoms with Crippen LogP contribution in [0.15, 0.2) is 0 Å². The summed E-state index contributed by atoms with van der Waals surface area (Å²) < 4.78 is 1.77. The molecule has 0 radical (unpaired) electrons. The number of nitrogens with zero attached hydrogens (tertiary/aromatic N) is 4. The molecular formula is C14H23N5O. The Kier molecular flexibility index (Phi) is 4.50. The molecule has 2 rings (SSSR count). The van der Waals surface area contributed by atoms with E-state index < -0.39 is 0 Å². The molecule has 1 atom stereocenters. The fourth-order valence-corrected chi connectivity index (χ4v) is 2.82. The number of aliphatic hydroxyl groups excluding tert-OH is 1. The Bertz CT molecular complexity index is 500. The van der Waals surface area contributed by atoms with Gasteiger partial charge in [-0.3, -0.25) is 0 Å². The highest BCUT2D eigenvalue weighted by Gasteiger charge is 2.26. The summed E-state index contributed by atoms with van der Waals surface area (Å²) >= 11 is 0. The minimum Gasteiger partial charge on any atom is -0.391 e. The van der Waals surface area contributed by atoms with Crippen molar-refractivity contribution in [3.8, 4) is 6.07 Å². The summed E-state index contributed by atoms with van der Waals surface area (Å²) in [5, 5.41) is 23.7. The van der Waals surface area contributed by atoms with Gasteiger partial charge in [-0.15, -0.1) is 0 Å². The first-order chi connectivity index (χ1) is 9.62. The lowest BCUT2D eigenvalue weighted by Gasteiger charge is -2.30. The molecule has 20 heavy (non-hydrogen) atoms. The molecule has 0 bridgehead atoms. The molecule has 1 saturated heterocycles. The first kappa shape index (κ1) is 14.7. The Hall–Kier alpha value is -1.74. The van der Waals surface area contributed by atoms with Crippen molar-refractivity contribution in [2.45, 2.75) is 51.7 Å². The predicted molar refractivity (Wildman–Crippen MR) is 78.4 cm³/mol. The molecule has 1 aliphatic rings. The third-order valence-corrected chi connectivity index (χ3v) is 4.03. The van der Waals surface area contributed by atoms with Crippen LogP contribution in [0.3, 0.4) is 0 Å². The van der Waals surface area contributed by atoms with Crippen molar-refractivity contribution in [2.24, 2.45) is 0 Å².